The molecule has 3 aromatic heterocycles. The number of ether oxygens (including phenoxy) is 2. The number of methoxy groups -OCH3 is 1. The maximum absolute atomic E-state index is 12.6. The fourth-order valence-corrected chi connectivity index (χ4v) is 4.58. The first-order chi connectivity index (χ1) is 16.8. The van der Waals surface area contributed by atoms with E-state index in [-0.39, 0.29) is 17.3 Å². The Morgan fingerprint density at radius 3 is 2.57 bits per heavy atom. The quantitative estimate of drug-likeness (QED) is 0.417. The highest BCUT2D eigenvalue weighted by atomic mass is 16.5. The predicted octanol–water partition coefficient (Wildman–Crippen LogP) is 3.77. The molecule has 0 unspecified atom stereocenters. The van der Waals surface area contributed by atoms with Gasteiger partial charge >= 0.3 is 11.7 Å². The highest BCUT2D eigenvalue weighted by Crippen LogP contribution is 2.40. The van der Waals surface area contributed by atoms with Crippen molar-refractivity contribution in [3.8, 4) is 17.0 Å². The van der Waals surface area contributed by atoms with Gasteiger partial charge in [-0.3, -0.25) is 14.1 Å². The van der Waals surface area contributed by atoms with E-state index >= 15 is 0 Å². The Bertz CT molecular complexity index is 1500. The van der Waals surface area contributed by atoms with Crippen LogP contribution in [-0.4, -0.2) is 45.3 Å². The Hall–Kier alpha value is -4.14. The Kier molecular flexibility index (Phi) is 5.55. The number of fused-ring (bicyclic) bond motifs is 2. The van der Waals surface area contributed by atoms with Crippen molar-refractivity contribution in [2.75, 3.05) is 25.2 Å². The number of hydrogen-bond donors (Lipinski definition) is 0. The molecule has 0 radical (unpaired) electrons. The van der Waals surface area contributed by atoms with Crippen LogP contribution in [0.3, 0.4) is 0 Å². The summed E-state index contributed by atoms with van der Waals surface area (Å²) in [7, 11) is 4.95. The zero-order valence-corrected chi connectivity index (χ0v) is 20.4. The van der Waals surface area contributed by atoms with Crippen molar-refractivity contribution in [2.45, 2.75) is 19.8 Å². The number of benzene rings is 1. The number of aryl methyl sites for hydroxylation is 2. The average Bonchev–Trinajstić information content (AvgIpc) is 3.10. The van der Waals surface area contributed by atoms with Gasteiger partial charge in [-0.2, -0.15) is 0 Å². The van der Waals surface area contributed by atoms with E-state index in [2.05, 4.69) is 40.8 Å². The zero-order valence-electron chi connectivity index (χ0n) is 20.4. The number of imidazole rings is 1. The summed E-state index contributed by atoms with van der Waals surface area (Å²) in [6.07, 6.45) is 3.39. The van der Waals surface area contributed by atoms with Crippen LogP contribution in [0.15, 0.2) is 47.5 Å². The third-order valence-electron chi connectivity index (χ3n) is 6.47. The van der Waals surface area contributed by atoms with Gasteiger partial charge < -0.3 is 14.4 Å². The normalized spacial score (nSPS) is 13.1. The first-order valence-corrected chi connectivity index (χ1v) is 11.4. The molecule has 1 aromatic carbocycles. The van der Waals surface area contributed by atoms with Crippen LogP contribution in [-0.2, 0) is 18.8 Å². The van der Waals surface area contributed by atoms with Gasteiger partial charge in [-0.1, -0.05) is 13.8 Å². The number of rotatable bonds is 4. The highest BCUT2D eigenvalue weighted by molar-refractivity contribution is 5.88. The van der Waals surface area contributed by atoms with E-state index in [0.29, 0.717) is 24.6 Å². The summed E-state index contributed by atoms with van der Waals surface area (Å²) in [6.45, 7) is 5.44. The van der Waals surface area contributed by atoms with Crippen LogP contribution >= 0.6 is 0 Å². The highest BCUT2D eigenvalue weighted by Gasteiger charge is 2.24. The van der Waals surface area contributed by atoms with Crippen molar-refractivity contribution in [2.24, 2.45) is 14.1 Å². The minimum absolute atomic E-state index is 0.0421. The first-order valence-electron chi connectivity index (χ1n) is 11.4. The lowest BCUT2D eigenvalue weighted by molar-refractivity contribution is 0.0594. The molecule has 1 aliphatic rings. The summed E-state index contributed by atoms with van der Waals surface area (Å²) in [6, 6.07) is 9.50. The van der Waals surface area contributed by atoms with Gasteiger partial charge in [0, 0.05) is 37.6 Å². The van der Waals surface area contributed by atoms with E-state index in [1.54, 1.807) is 40.7 Å². The molecular weight excluding hydrogens is 446 g/mol. The fourth-order valence-electron chi connectivity index (χ4n) is 4.58. The number of aromatic nitrogens is 4. The summed E-state index contributed by atoms with van der Waals surface area (Å²) in [5, 5.41) is 0. The third kappa shape index (κ3) is 3.73. The van der Waals surface area contributed by atoms with Crippen molar-refractivity contribution in [3.05, 3.63) is 64.5 Å². The van der Waals surface area contributed by atoms with Crippen molar-refractivity contribution in [1.82, 2.24) is 19.1 Å². The topological polar surface area (TPSA) is 91.5 Å². The largest absolute Gasteiger partial charge is 0.489 e. The molecule has 4 aromatic rings. The van der Waals surface area contributed by atoms with Crippen LogP contribution in [0.4, 0.5) is 11.4 Å². The molecule has 0 aliphatic carbocycles. The minimum atomic E-state index is -0.484. The second kappa shape index (κ2) is 8.57. The SMILES string of the molecule is COC(=O)c1ccc(-c2cc3c(cn2)N(c2cc(C(C)C)c4c(c2)n(C)c(=O)n4C)CCO3)cn1. The van der Waals surface area contributed by atoms with E-state index in [0.717, 1.165) is 33.5 Å². The van der Waals surface area contributed by atoms with Gasteiger partial charge in [0.1, 0.15) is 23.7 Å². The van der Waals surface area contributed by atoms with Crippen LogP contribution < -0.4 is 15.3 Å². The molecule has 0 saturated carbocycles. The molecular formula is C26H27N5O4. The zero-order chi connectivity index (χ0) is 24.9. The third-order valence-corrected chi connectivity index (χ3v) is 6.47. The second-order valence-corrected chi connectivity index (χ2v) is 8.92. The van der Waals surface area contributed by atoms with Crippen molar-refractivity contribution in [1.29, 1.82) is 0 Å². The monoisotopic (exact) mass is 473 g/mol. The summed E-state index contributed by atoms with van der Waals surface area (Å²) >= 11 is 0. The number of carbonyl (C=O) groups excluding carboxylic acids is 1. The standard InChI is InChI=1S/C26H27N5O4/c1-15(2)18-10-17(11-21-24(18)30(4)26(33)29(21)3)31-8-9-35-23-12-20(28-14-22(23)31)16-6-7-19(27-13-16)25(32)34-5/h6-7,10-15H,8-9H2,1-5H3. The van der Waals surface area contributed by atoms with E-state index in [1.165, 1.54) is 7.11 Å². The molecule has 1 aliphatic heterocycles. The van der Waals surface area contributed by atoms with Crippen LogP contribution in [0.1, 0.15) is 35.8 Å². The molecule has 0 atom stereocenters. The molecule has 5 rings (SSSR count). The molecule has 0 N–H and O–H groups in total. The first kappa shape index (κ1) is 22.6. The van der Waals surface area contributed by atoms with E-state index in [1.807, 2.05) is 13.1 Å². The lowest BCUT2D eigenvalue weighted by Gasteiger charge is -2.32. The van der Waals surface area contributed by atoms with Crippen molar-refractivity contribution in [3.63, 3.8) is 0 Å². The molecule has 0 spiro atoms. The lowest BCUT2D eigenvalue weighted by Crippen LogP contribution is -2.29. The molecule has 9 heteroatoms. The van der Waals surface area contributed by atoms with Crippen molar-refractivity contribution < 1.29 is 14.3 Å². The van der Waals surface area contributed by atoms with Gasteiger partial charge in [0.2, 0.25) is 0 Å². The van der Waals surface area contributed by atoms with Crippen LogP contribution in [0.25, 0.3) is 22.3 Å². The molecule has 9 nitrogen and oxygen atoms in total. The van der Waals surface area contributed by atoms with E-state index in [9.17, 15) is 9.59 Å². The number of nitrogens with zero attached hydrogens (tertiary/aromatic N) is 5. The number of carbonyl (C=O) groups is 1. The van der Waals surface area contributed by atoms with E-state index in [4.69, 9.17) is 9.47 Å². The lowest BCUT2D eigenvalue weighted by atomic mass is 10.00. The van der Waals surface area contributed by atoms with Gasteiger partial charge in [-0.15, -0.1) is 0 Å². The molecule has 4 heterocycles. The summed E-state index contributed by atoms with van der Waals surface area (Å²) < 4.78 is 14.1. The van der Waals surface area contributed by atoms with Gasteiger partial charge in [0.25, 0.3) is 0 Å². The van der Waals surface area contributed by atoms with Crippen molar-refractivity contribution >= 4 is 28.4 Å². The Morgan fingerprint density at radius 1 is 1.09 bits per heavy atom. The van der Waals surface area contributed by atoms with Gasteiger partial charge in [-0.25, -0.2) is 14.6 Å². The molecule has 180 valence electrons. The van der Waals surface area contributed by atoms with Crippen LogP contribution in [0.5, 0.6) is 5.75 Å². The Balaban J connectivity index is 1.57. The summed E-state index contributed by atoms with van der Waals surface area (Å²) in [5.41, 5.74) is 6.48. The average molecular weight is 474 g/mol. The maximum atomic E-state index is 12.6. The Morgan fingerprint density at radius 2 is 1.89 bits per heavy atom. The van der Waals surface area contributed by atoms with E-state index < -0.39 is 5.97 Å². The number of pyridine rings is 2. The molecule has 35 heavy (non-hydrogen) atoms. The number of anilines is 2. The van der Waals surface area contributed by atoms with Gasteiger partial charge in [0.15, 0.2) is 0 Å². The number of hydrogen-bond acceptors (Lipinski definition) is 7. The Labute approximate surface area is 202 Å². The van der Waals surface area contributed by atoms with Crippen LogP contribution in [0, 0.1) is 0 Å². The van der Waals surface area contributed by atoms with Gasteiger partial charge in [-0.05, 0) is 35.7 Å². The maximum Gasteiger partial charge on any atom is 0.356 e. The minimum Gasteiger partial charge on any atom is -0.489 e. The summed E-state index contributed by atoms with van der Waals surface area (Å²) in [4.78, 5) is 35.3. The predicted molar refractivity (Wildman–Crippen MR) is 134 cm³/mol. The molecule has 0 saturated heterocycles. The fraction of sp³-hybridized carbons (Fsp3) is 0.308. The molecule has 0 bridgehead atoms. The smallest absolute Gasteiger partial charge is 0.356 e. The number of esters is 1. The summed E-state index contributed by atoms with van der Waals surface area (Å²) in [5.74, 6) is 0.473. The van der Waals surface area contributed by atoms with Gasteiger partial charge in [0.05, 0.1) is 36.6 Å². The molecule has 0 amide bonds. The molecule has 0 fully saturated rings. The van der Waals surface area contributed by atoms with Crippen LogP contribution in [0.2, 0.25) is 0 Å². The second-order valence-electron chi connectivity index (χ2n) is 8.92.